The molecule has 0 atom stereocenters. The van der Waals surface area contributed by atoms with Crippen molar-refractivity contribution in [2.75, 3.05) is 5.88 Å². The second-order valence-corrected chi connectivity index (χ2v) is 4.04. The Morgan fingerprint density at radius 1 is 1.27 bits per heavy atom. The van der Waals surface area contributed by atoms with Gasteiger partial charge in [-0.2, -0.15) is 0 Å². The smallest absolute Gasteiger partial charge is 0.162 e. The minimum Gasteiger partial charge on any atom is -0.294 e. The van der Waals surface area contributed by atoms with Gasteiger partial charge in [-0.3, -0.25) is 4.79 Å². The molecule has 0 aliphatic carbocycles. The fourth-order valence-electron chi connectivity index (χ4n) is 1.52. The van der Waals surface area contributed by atoms with E-state index < -0.39 is 0 Å². The van der Waals surface area contributed by atoms with Gasteiger partial charge in [-0.15, -0.1) is 11.6 Å². The summed E-state index contributed by atoms with van der Waals surface area (Å²) in [5.74, 6) is 0.748. The standard InChI is InChI=1S/C13H17ClO/c1-2-4-11-6-8-12(9-7-11)13(15)5-3-10-14/h6-9H,2-5,10H2,1H3. The molecule has 0 N–H and O–H groups in total. The zero-order valence-corrected chi connectivity index (χ0v) is 9.89. The van der Waals surface area contributed by atoms with Crippen molar-refractivity contribution in [2.24, 2.45) is 0 Å². The van der Waals surface area contributed by atoms with Crippen LogP contribution in [-0.2, 0) is 6.42 Å². The molecule has 0 amide bonds. The highest BCUT2D eigenvalue weighted by Gasteiger charge is 2.04. The molecule has 0 heterocycles. The van der Waals surface area contributed by atoms with E-state index in [-0.39, 0.29) is 5.78 Å². The first-order valence-corrected chi connectivity index (χ1v) is 5.99. The summed E-state index contributed by atoms with van der Waals surface area (Å²) < 4.78 is 0. The SMILES string of the molecule is CCCc1ccc(C(=O)CCCCl)cc1. The van der Waals surface area contributed by atoms with Crippen LogP contribution in [0.1, 0.15) is 42.1 Å². The number of rotatable bonds is 6. The molecule has 82 valence electrons. The van der Waals surface area contributed by atoms with Crippen LogP contribution in [0.25, 0.3) is 0 Å². The molecule has 0 bridgehead atoms. The highest BCUT2D eigenvalue weighted by atomic mass is 35.5. The highest BCUT2D eigenvalue weighted by Crippen LogP contribution is 2.10. The molecule has 1 rings (SSSR count). The molecule has 0 saturated heterocycles. The van der Waals surface area contributed by atoms with Crippen molar-refractivity contribution < 1.29 is 4.79 Å². The van der Waals surface area contributed by atoms with E-state index in [0.717, 1.165) is 24.8 Å². The van der Waals surface area contributed by atoms with Crippen LogP contribution >= 0.6 is 11.6 Å². The van der Waals surface area contributed by atoms with Gasteiger partial charge in [0.15, 0.2) is 5.78 Å². The van der Waals surface area contributed by atoms with Crippen molar-refractivity contribution in [3.63, 3.8) is 0 Å². The Balaban J connectivity index is 2.58. The van der Waals surface area contributed by atoms with Crippen LogP contribution in [0.5, 0.6) is 0 Å². The maximum Gasteiger partial charge on any atom is 0.162 e. The van der Waals surface area contributed by atoms with Crippen molar-refractivity contribution >= 4 is 17.4 Å². The van der Waals surface area contributed by atoms with Gasteiger partial charge < -0.3 is 0 Å². The molecule has 0 aromatic heterocycles. The Hall–Kier alpha value is -0.820. The molecule has 0 unspecified atom stereocenters. The van der Waals surface area contributed by atoms with Gasteiger partial charge >= 0.3 is 0 Å². The van der Waals surface area contributed by atoms with Crippen LogP contribution < -0.4 is 0 Å². The van der Waals surface area contributed by atoms with Crippen LogP contribution in [0.3, 0.4) is 0 Å². The van der Waals surface area contributed by atoms with E-state index in [4.69, 9.17) is 11.6 Å². The number of ketones is 1. The third kappa shape index (κ3) is 4.05. The molecule has 0 radical (unpaired) electrons. The third-order valence-corrected chi connectivity index (χ3v) is 2.62. The number of halogens is 1. The number of carbonyl (C=O) groups excluding carboxylic acids is 1. The van der Waals surface area contributed by atoms with Gasteiger partial charge in [-0.25, -0.2) is 0 Å². The Morgan fingerprint density at radius 3 is 2.47 bits per heavy atom. The molecular weight excluding hydrogens is 208 g/mol. The van der Waals surface area contributed by atoms with E-state index in [2.05, 4.69) is 6.92 Å². The lowest BCUT2D eigenvalue weighted by Crippen LogP contribution is -1.99. The second-order valence-electron chi connectivity index (χ2n) is 3.66. The van der Waals surface area contributed by atoms with Crippen molar-refractivity contribution in [1.82, 2.24) is 0 Å². The number of hydrogen-bond acceptors (Lipinski definition) is 1. The van der Waals surface area contributed by atoms with Gasteiger partial charge in [0.05, 0.1) is 0 Å². The topological polar surface area (TPSA) is 17.1 Å². The largest absolute Gasteiger partial charge is 0.294 e. The number of hydrogen-bond donors (Lipinski definition) is 0. The van der Waals surface area contributed by atoms with Gasteiger partial charge in [-0.05, 0) is 18.4 Å². The number of Topliss-reactive ketones (excluding diaryl/α,β-unsaturated/α-hetero) is 1. The third-order valence-electron chi connectivity index (χ3n) is 2.35. The first-order valence-electron chi connectivity index (χ1n) is 5.46. The summed E-state index contributed by atoms with van der Waals surface area (Å²) in [6.45, 7) is 2.15. The zero-order chi connectivity index (χ0) is 11.1. The Kier molecular flexibility index (Phi) is 5.41. The average Bonchev–Trinajstić information content (AvgIpc) is 2.27. The molecule has 0 spiro atoms. The van der Waals surface area contributed by atoms with Gasteiger partial charge in [0, 0.05) is 17.9 Å². The molecule has 0 aliphatic heterocycles. The summed E-state index contributed by atoms with van der Waals surface area (Å²) in [5.41, 5.74) is 2.10. The normalized spacial score (nSPS) is 10.3. The van der Waals surface area contributed by atoms with Crippen LogP contribution in [0.2, 0.25) is 0 Å². The molecular formula is C13H17ClO. The molecule has 0 fully saturated rings. The van der Waals surface area contributed by atoms with Crippen LogP contribution in [0.4, 0.5) is 0 Å². The van der Waals surface area contributed by atoms with E-state index in [1.54, 1.807) is 0 Å². The van der Waals surface area contributed by atoms with Crippen LogP contribution in [0.15, 0.2) is 24.3 Å². The van der Waals surface area contributed by atoms with Crippen molar-refractivity contribution in [3.05, 3.63) is 35.4 Å². The van der Waals surface area contributed by atoms with Crippen molar-refractivity contribution in [3.8, 4) is 0 Å². The number of benzene rings is 1. The highest BCUT2D eigenvalue weighted by molar-refractivity contribution is 6.18. The Labute approximate surface area is 96.5 Å². The number of carbonyl (C=O) groups is 1. The molecule has 1 nitrogen and oxygen atoms in total. The predicted molar refractivity (Wildman–Crippen MR) is 64.7 cm³/mol. The second kappa shape index (κ2) is 6.62. The van der Waals surface area contributed by atoms with Crippen molar-refractivity contribution in [1.29, 1.82) is 0 Å². The van der Waals surface area contributed by atoms with E-state index in [9.17, 15) is 4.79 Å². The predicted octanol–water partition coefficient (Wildman–Crippen LogP) is 3.84. The lowest BCUT2D eigenvalue weighted by Gasteiger charge is -2.02. The molecule has 0 aliphatic rings. The molecule has 2 heteroatoms. The van der Waals surface area contributed by atoms with Gasteiger partial charge in [0.25, 0.3) is 0 Å². The average molecular weight is 225 g/mol. The van der Waals surface area contributed by atoms with Gasteiger partial charge in [0.1, 0.15) is 0 Å². The first-order chi connectivity index (χ1) is 7.27. The van der Waals surface area contributed by atoms with E-state index >= 15 is 0 Å². The summed E-state index contributed by atoms with van der Waals surface area (Å²) in [6, 6.07) is 7.91. The van der Waals surface area contributed by atoms with E-state index in [0.29, 0.717) is 12.3 Å². The maximum atomic E-state index is 11.6. The number of aryl methyl sites for hydroxylation is 1. The van der Waals surface area contributed by atoms with Crippen molar-refractivity contribution in [2.45, 2.75) is 32.6 Å². The zero-order valence-electron chi connectivity index (χ0n) is 9.13. The monoisotopic (exact) mass is 224 g/mol. The minimum atomic E-state index is 0.193. The Bertz CT molecular complexity index is 303. The van der Waals surface area contributed by atoms with Crippen LogP contribution in [0, 0.1) is 0 Å². The summed E-state index contributed by atoms with van der Waals surface area (Å²) in [5, 5.41) is 0. The van der Waals surface area contributed by atoms with E-state index in [1.807, 2.05) is 24.3 Å². The molecule has 1 aromatic carbocycles. The Morgan fingerprint density at radius 2 is 1.93 bits per heavy atom. The maximum absolute atomic E-state index is 11.6. The minimum absolute atomic E-state index is 0.193. The number of alkyl halides is 1. The van der Waals surface area contributed by atoms with Crippen LogP contribution in [-0.4, -0.2) is 11.7 Å². The lowest BCUT2D eigenvalue weighted by atomic mass is 10.0. The summed E-state index contributed by atoms with van der Waals surface area (Å²) in [6.07, 6.45) is 3.53. The lowest BCUT2D eigenvalue weighted by molar-refractivity contribution is 0.0982. The summed E-state index contributed by atoms with van der Waals surface area (Å²) >= 11 is 5.55. The van der Waals surface area contributed by atoms with E-state index in [1.165, 1.54) is 5.56 Å². The quantitative estimate of drug-likeness (QED) is 0.530. The molecule has 15 heavy (non-hydrogen) atoms. The molecule has 0 saturated carbocycles. The fraction of sp³-hybridized carbons (Fsp3) is 0.462. The van der Waals surface area contributed by atoms with Gasteiger partial charge in [-0.1, -0.05) is 37.6 Å². The fourth-order valence-corrected chi connectivity index (χ4v) is 1.65. The first kappa shape index (κ1) is 12.3. The molecule has 1 aromatic rings. The van der Waals surface area contributed by atoms with Gasteiger partial charge in [0.2, 0.25) is 0 Å². The summed E-state index contributed by atoms with van der Waals surface area (Å²) in [7, 11) is 0. The summed E-state index contributed by atoms with van der Waals surface area (Å²) in [4.78, 5) is 11.6.